The monoisotopic (exact) mass is 303 g/mol. The lowest BCUT2D eigenvalue weighted by molar-refractivity contribution is 0.313. The van der Waals surface area contributed by atoms with Crippen molar-refractivity contribution in [3.05, 3.63) is 29.3 Å². The fraction of sp³-hybridized carbons (Fsp3) is 0.611. The Morgan fingerprint density at radius 3 is 2.82 bits per heavy atom. The highest BCUT2D eigenvalue weighted by Gasteiger charge is 2.20. The zero-order valence-corrected chi connectivity index (χ0v) is 14.1. The van der Waals surface area contributed by atoms with Crippen LogP contribution in [0.15, 0.2) is 23.2 Å². The van der Waals surface area contributed by atoms with E-state index in [2.05, 4.69) is 47.7 Å². The number of rotatable bonds is 8. The van der Waals surface area contributed by atoms with Gasteiger partial charge in [-0.15, -0.1) is 0 Å². The van der Waals surface area contributed by atoms with Crippen LogP contribution in [0.1, 0.15) is 43.7 Å². The fourth-order valence-electron chi connectivity index (χ4n) is 2.35. The van der Waals surface area contributed by atoms with Gasteiger partial charge in [0.15, 0.2) is 5.96 Å². The van der Waals surface area contributed by atoms with Gasteiger partial charge in [-0.2, -0.15) is 0 Å². The third kappa shape index (κ3) is 5.58. The maximum Gasteiger partial charge on any atom is 0.191 e. The largest absolute Gasteiger partial charge is 0.493 e. The predicted octanol–water partition coefficient (Wildman–Crippen LogP) is 3.25. The zero-order valence-electron chi connectivity index (χ0n) is 14.1. The molecule has 1 aliphatic rings. The van der Waals surface area contributed by atoms with E-state index in [-0.39, 0.29) is 0 Å². The van der Waals surface area contributed by atoms with Crippen molar-refractivity contribution < 1.29 is 4.74 Å². The Hall–Kier alpha value is -1.71. The van der Waals surface area contributed by atoms with Crippen LogP contribution in [0.25, 0.3) is 0 Å². The van der Waals surface area contributed by atoms with Crippen molar-refractivity contribution in [3.63, 3.8) is 0 Å². The summed E-state index contributed by atoms with van der Waals surface area (Å²) in [5.74, 6) is 2.78. The average Bonchev–Trinajstić information content (AvgIpc) is 3.34. The minimum Gasteiger partial charge on any atom is -0.493 e. The summed E-state index contributed by atoms with van der Waals surface area (Å²) < 4.78 is 5.85. The molecule has 2 rings (SSSR count). The maximum absolute atomic E-state index is 5.85. The molecule has 0 aliphatic heterocycles. The Morgan fingerprint density at radius 1 is 1.32 bits per heavy atom. The van der Waals surface area contributed by atoms with E-state index in [9.17, 15) is 0 Å². The number of nitrogens with one attached hydrogen (secondary N) is 2. The van der Waals surface area contributed by atoms with Crippen LogP contribution in [0, 0.1) is 12.8 Å². The van der Waals surface area contributed by atoms with Gasteiger partial charge in [0.25, 0.3) is 0 Å². The lowest BCUT2D eigenvalue weighted by Gasteiger charge is -2.15. The second kappa shape index (κ2) is 8.66. The van der Waals surface area contributed by atoms with Crippen LogP contribution in [-0.4, -0.2) is 26.2 Å². The number of hydrogen-bond donors (Lipinski definition) is 2. The third-order valence-corrected chi connectivity index (χ3v) is 3.90. The molecule has 22 heavy (non-hydrogen) atoms. The molecule has 1 aliphatic carbocycles. The number of benzene rings is 1. The maximum atomic E-state index is 5.85. The van der Waals surface area contributed by atoms with Crippen LogP contribution >= 0.6 is 0 Å². The van der Waals surface area contributed by atoms with E-state index in [1.165, 1.54) is 30.4 Å². The number of nitrogens with zero attached hydrogens (tertiary/aromatic N) is 1. The minimum atomic E-state index is 0.725. The molecule has 1 aromatic rings. The van der Waals surface area contributed by atoms with Gasteiger partial charge in [-0.1, -0.05) is 31.9 Å². The topological polar surface area (TPSA) is 45.6 Å². The first kappa shape index (κ1) is 16.7. The summed E-state index contributed by atoms with van der Waals surface area (Å²) in [6.45, 7) is 6.69. The van der Waals surface area contributed by atoms with Gasteiger partial charge in [0, 0.05) is 25.7 Å². The molecule has 0 saturated heterocycles. The van der Waals surface area contributed by atoms with E-state index in [0.29, 0.717) is 0 Å². The molecule has 4 heteroatoms. The first-order valence-electron chi connectivity index (χ1n) is 8.39. The molecule has 0 atom stereocenters. The Bertz CT molecular complexity index is 495. The van der Waals surface area contributed by atoms with E-state index in [1.54, 1.807) is 0 Å². The second-order valence-corrected chi connectivity index (χ2v) is 6.04. The molecule has 1 saturated carbocycles. The van der Waals surface area contributed by atoms with Gasteiger partial charge in [0.05, 0.1) is 6.61 Å². The summed E-state index contributed by atoms with van der Waals surface area (Å²) in [6, 6.07) is 6.36. The molecule has 0 aromatic heterocycles. The minimum absolute atomic E-state index is 0.725. The van der Waals surface area contributed by atoms with Gasteiger partial charge in [-0.3, -0.25) is 4.99 Å². The number of guanidine groups is 1. The molecule has 4 nitrogen and oxygen atoms in total. The van der Waals surface area contributed by atoms with Crippen molar-refractivity contribution in [2.45, 2.75) is 46.1 Å². The van der Waals surface area contributed by atoms with Gasteiger partial charge in [-0.25, -0.2) is 0 Å². The summed E-state index contributed by atoms with van der Waals surface area (Å²) in [7, 11) is 1.82. The molecule has 0 amide bonds. The number of aliphatic imine (C=N–C) groups is 1. The molecular formula is C18H29N3O. The van der Waals surface area contributed by atoms with Gasteiger partial charge in [-0.05, 0) is 37.3 Å². The second-order valence-electron chi connectivity index (χ2n) is 6.04. The Balaban J connectivity index is 1.85. The summed E-state index contributed by atoms with van der Waals surface area (Å²) in [5, 5.41) is 6.76. The summed E-state index contributed by atoms with van der Waals surface area (Å²) in [6.07, 6.45) is 5.06. The van der Waals surface area contributed by atoms with Crippen molar-refractivity contribution in [1.82, 2.24) is 10.6 Å². The molecule has 122 valence electrons. The standard InChI is InChI=1S/C18H29N3O/c1-4-11-22-17-12-14(2)5-8-16(17)13-21-18(19-3)20-10-9-15-6-7-15/h5,8,12,15H,4,6-7,9-11,13H2,1-3H3,(H2,19,20,21). The lowest BCUT2D eigenvalue weighted by Crippen LogP contribution is -2.37. The van der Waals surface area contributed by atoms with Crippen molar-refractivity contribution >= 4 is 5.96 Å². The molecule has 0 heterocycles. The predicted molar refractivity (Wildman–Crippen MR) is 92.5 cm³/mol. The van der Waals surface area contributed by atoms with E-state index < -0.39 is 0 Å². The van der Waals surface area contributed by atoms with Crippen molar-refractivity contribution in [1.29, 1.82) is 0 Å². The Labute approximate surface area is 134 Å². The van der Waals surface area contributed by atoms with Crippen LogP contribution in [0.2, 0.25) is 0 Å². The highest BCUT2D eigenvalue weighted by atomic mass is 16.5. The van der Waals surface area contributed by atoms with E-state index in [0.717, 1.165) is 43.7 Å². The average molecular weight is 303 g/mol. The Morgan fingerprint density at radius 2 is 2.14 bits per heavy atom. The first-order valence-corrected chi connectivity index (χ1v) is 8.39. The SMILES string of the molecule is CCCOc1cc(C)ccc1CNC(=NC)NCCC1CC1. The zero-order chi connectivity index (χ0) is 15.8. The molecule has 0 unspecified atom stereocenters. The van der Waals surface area contributed by atoms with E-state index in [1.807, 2.05) is 7.05 Å². The van der Waals surface area contributed by atoms with Crippen LogP contribution in [0.3, 0.4) is 0 Å². The first-order chi connectivity index (χ1) is 10.7. The van der Waals surface area contributed by atoms with Gasteiger partial charge >= 0.3 is 0 Å². The van der Waals surface area contributed by atoms with Crippen LogP contribution in [0.5, 0.6) is 5.75 Å². The summed E-state index contributed by atoms with van der Waals surface area (Å²) >= 11 is 0. The molecule has 1 fully saturated rings. The number of ether oxygens (including phenoxy) is 1. The summed E-state index contributed by atoms with van der Waals surface area (Å²) in [5.41, 5.74) is 2.39. The molecule has 0 bridgehead atoms. The van der Waals surface area contributed by atoms with Crippen molar-refractivity contribution in [3.8, 4) is 5.75 Å². The number of aryl methyl sites for hydroxylation is 1. The molecule has 2 N–H and O–H groups in total. The lowest BCUT2D eigenvalue weighted by atomic mass is 10.1. The molecule has 0 spiro atoms. The van der Waals surface area contributed by atoms with E-state index in [4.69, 9.17) is 4.74 Å². The highest BCUT2D eigenvalue weighted by molar-refractivity contribution is 5.79. The fourth-order valence-corrected chi connectivity index (χ4v) is 2.35. The van der Waals surface area contributed by atoms with Gasteiger partial charge in [0.2, 0.25) is 0 Å². The van der Waals surface area contributed by atoms with Crippen LogP contribution in [-0.2, 0) is 6.54 Å². The van der Waals surface area contributed by atoms with E-state index >= 15 is 0 Å². The van der Waals surface area contributed by atoms with Gasteiger partial charge in [0.1, 0.15) is 5.75 Å². The normalized spacial score (nSPS) is 14.8. The highest BCUT2D eigenvalue weighted by Crippen LogP contribution is 2.31. The molecule has 1 aromatic carbocycles. The van der Waals surface area contributed by atoms with Crippen molar-refractivity contribution in [2.24, 2.45) is 10.9 Å². The third-order valence-electron chi connectivity index (χ3n) is 3.90. The molecular weight excluding hydrogens is 274 g/mol. The molecule has 0 radical (unpaired) electrons. The van der Waals surface area contributed by atoms with Crippen molar-refractivity contribution in [2.75, 3.05) is 20.2 Å². The summed E-state index contributed by atoms with van der Waals surface area (Å²) in [4.78, 5) is 4.28. The van der Waals surface area contributed by atoms with Gasteiger partial charge < -0.3 is 15.4 Å². The number of hydrogen-bond acceptors (Lipinski definition) is 2. The Kier molecular flexibility index (Phi) is 6.56. The van der Waals surface area contributed by atoms with Crippen LogP contribution in [0.4, 0.5) is 0 Å². The quantitative estimate of drug-likeness (QED) is 0.572. The smallest absolute Gasteiger partial charge is 0.191 e. The van der Waals surface area contributed by atoms with Crippen LogP contribution < -0.4 is 15.4 Å².